The summed E-state index contributed by atoms with van der Waals surface area (Å²) in [5.74, 6) is -0.0135. The summed E-state index contributed by atoms with van der Waals surface area (Å²) in [6.45, 7) is 3.14. The number of ketones is 1. The number of nitrogens with zero attached hydrogens (tertiary/aromatic N) is 2. The molecule has 5 heteroatoms. The monoisotopic (exact) mass is 277 g/mol. The summed E-state index contributed by atoms with van der Waals surface area (Å²) < 4.78 is 0. The zero-order chi connectivity index (χ0) is 15.1. The Balaban J connectivity index is 2.52. The van der Waals surface area contributed by atoms with Gasteiger partial charge in [0.15, 0.2) is 5.78 Å². The van der Waals surface area contributed by atoms with Crippen LogP contribution in [0, 0.1) is 0 Å². The van der Waals surface area contributed by atoms with Gasteiger partial charge in [-0.05, 0) is 46.1 Å². The molecular weight excluding hydrogens is 254 g/mol. The maximum absolute atomic E-state index is 12.0. The molecule has 1 N–H and O–H groups in total. The van der Waals surface area contributed by atoms with Gasteiger partial charge in [0.25, 0.3) is 0 Å². The average Bonchev–Trinajstić information content (AvgIpc) is 2.38. The molecule has 1 aromatic rings. The Hall–Kier alpha value is -1.88. The highest BCUT2D eigenvalue weighted by Crippen LogP contribution is 2.11. The Morgan fingerprint density at radius 2 is 1.85 bits per heavy atom. The normalized spacial score (nSPS) is 10.4. The van der Waals surface area contributed by atoms with Crippen LogP contribution in [0.4, 0.5) is 10.5 Å². The molecule has 20 heavy (non-hydrogen) atoms. The van der Waals surface area contributed by atoms with Crippen molar-refractivity contribution in [1.82, 2.24) is 9.80 Å². The number of amides is 2. The van der Waals surface area contributed by atoms with Crippen molar-refractivity contribution in [3.63, 3.8) is 0 Å². The number of hydrogen-bond donors (Lipinski definition) is 1. The lowest BCUT2D eigenvalue weighted by Gasteiger charge is -2.19. The number of rotatable bonds is 6. The fourth-order valence-electron chi connectivity index (χ4n) is 1.76. The molecule has 110 valence electrons. The van der Waals surface area contributed by atoms with Crippen molar-refractivity contribution in [2.45, 2.75) is 13.3 Å². The van der Waals surface area contributed by atoms with Crippen molar-refractivity contribution in [3.8, 4) is 0 Å². The van der Waals surface area contributed by atoms with Crippen LogP contribution >= 0.6 is 0 Å². The zero-order valence-corrected chi connectivity index (χ0v) is 12.6. The van der Waals surface area contributed by atoms with Gasteiger partial charge in [-0.2, -0.15) is 0 Å². The van der Waals surface area contributed by atoms with Crippen LogP contribution < -0.4 is 5.32 Å². The number of urea groups is 1. The van der Waals surface area contributed by atoms with E-state index in [0.717, 1.165) is 13.0 Å². The Kier molecular flexibility index (Phi) is 6.18. The number of hydrogen-bond acceptors (Lipinski definition) is 3. The summed E-state index contributed by atoms with van der Waals surface area (Å²) in [7, 11) is 5.78. The summed E-state index contributed by atoms with van der Waals surface area (Å²) in [6, 6.07) is 6.80. The van der Waals surface area contributed by atoms with Crippen LogP contribution in [-0.4, -0.2) is 55.8 Å². The van der Waals surface area contributed by atoms with E-state index in [-0.39, 0.29) is 11.8 Å². The topological polar surface area (TPSA) is 52.7 Å². The van der Waals surface area contributed by atoms with Gasteiger partial charge in [0, 0.05) is 24.8 Å². The third-order valence-corrected chi connectivity index (χ3v) is 2.97. The summed E-state index contributed by atoms with van der Waals surface area (Å²) in [4.78, 5) is 27.0. The molecule has 0 fully saturated rings. The highest BCUT2D eigenvalue weighted by Gasteiger charge is 2.09. The predicted molar refractivity (Wildman–Crippen MR) is 81.3 cm³/mol. The van der Waals surface area contributed by atoms with Gasteiger partial charge in [-0.1, -0.05) is 12.1 Å². The third-order valence-electron chi connectivity index (χ3n) is 2.97. The molecule has 0 spiro atoms. The van der Waals surface area contributed by atoms with E-state index in [2.05, 4.69) is 10.2 Å². The van der Waals surface area contributed by atoms with E-state index < -0.39 is 0 Å². The first kappa shape index (κ1) is 16.2. The van der Waals surface area contributed by atoms with Crippen LogP contribution in [0.3, 0.4) is 0 Å². The largest absolute Gasteiger partial charge is 0.328 e. The molecule has 1 aromatic carbocycles. The molecule has 0 radical (unpaired) electrons. The van der Waals surface area contributed by atoms with E-state index in [1.165, 1.54) is 6.92 Å². The second-order valence-electron chi connectivity index (χ2n) is 5.15. The fourth-order valence-corrected chi connectivity index (χ4v) is 1.76. The molecule has 0 atom stereocenters. The maximum Gasteiger partial charge on any atom is 0.321 e. The Bertz CT molecular complexity index is 472. The number of nitrogens with one attached hydrogen (secondary N) is 1. The van der Waals surface area contributed by atoms with Crippen molar-refractivity contribution >= 4 is 17.5 Å². The number of Topliss-reactive ketones (excluding diaryl/α,β-unsaturated/α-hetero) is 1. The Labute approximate surface area is 120 Å². The first-order valence-electron chi connectivity index (χ1n) is 6.68. The van der Waals surface area contributed by atoms with Crippen LogP contribution in [0.2, 0.25) is 0 Å². The minimum Gasteiger partial charge on any atom is -0.328 e. The molecule has 0 aliphatic carbocycles. The highest BCUT2D eigenvalue weighted by atomic mass is 16.2. The molecular formula is C15H23N3O2. The summed E-state index contributed by atoms with van der Waals surface area (Å²) in [5.41, 5.74) is 1.24. The lowest BCUT2D eigenvalue weighted by Crippen LogP contribution is -2.33. The molecule has 0 aromatic heterocycles. The first-order valence-corrected chi connectivity index (χ1v) is 6.68. The molecule has 0 saturated carbocycles. The lowest BCUT2D eigenvalue weighted by molar-refractivity contribution is 0.101. The van der Waals surface area contributed by atoms with Gasteiger partial charge in [-0.15, -0.1) is 0 Å². The molecule has 5 nitrogen and oxygen atoms in total. The van der Waals surface area contributed by atoms with E-state index in [1.807, 2.05) is 14.1 Å². The molecule has 0 unspecified atom stereocenters. The minimum atomic E-state index is -0.163. The first-order chi connectivity index (χ1) is 9.40. The number of carbonyl (C=O) groups is 2. The molecule has 0 heterocycles. The quantitative estimate of drug-likeness (QED) is 0.812. The van der Waals surface area contributed by atoms with Gasteiger partial charge in [-0.3, -0.25) is 4.79 Å². The van der Waals surface area contributed by atoms with Gasteiger partial charge in [0.2, 0.25) is 0 Å². The van der Waals surface area contributed by atoms with Crippen LogP contribution in [0.25, 0.3) is 0 Å². The van der Waals surface area contributed by atoms with Gasteiger partial charge < -0.3 is 15.1 Å². The Morgan fingerprint density at radius 1 is 1.15 bits per heavy atom. The fraction of sp³-hybridized carbons (Fsp3) is 0.467. The summed E-state index contributed by atoms with van der Waals surface area (Å²) >= 11 is 0. The van der Waals surface area contributed by atoms with Crippen molar-refractivity contribution in [3.05, 3.63) is 29.8 Å². The average molecular weight is 277 g/mol. The van der Waals surface area contributed by atoms with Gasteiger partial charge >= 0.3 is 6.03 Å². The molecule has 2 amide bonds. The van der Waals surface area contributed by atoms with Crippen LogP contribution in [-0.2, 0) is 0 Å². The van der Waals surface area contributed by atoms with E-state index >= 15 is 0 Å². The zero-order valence-electron chi connectivity index (χ0n) is 12.6. The second-order valence-corrected chi connectivity index (χ2v) is 5.15. The Morgan fingerprint density at radius 3 is 2.45 bits per heavy atom. The lowest BCUT2D eigenvalue weighted by atomic mass is 10.1. The van der Waals surface area contributed by atoms with E-state index in [9.17, 15) is 9.59 Å². The molecule has 0 aliphatic heterocycles. The van der Waals surface area contributed by atoms with E-state index in [1.54, 1.807) is 36.2 Å². The minimum absolute atomic E-state index is 0.0135. The van der Waals surface area contributed by atoms with E-state index in [0.29, 0.717) is 17.8 Å². The van der Waals surface area contributed by atoms with Gasteiger partial charge in [0.1, 0.15) is 0 Å². The SMILES string of the molecule is CC(=O)c1cccc(NC(=O)N(C)CCCN(C)C)c1. The summed E-state index contributed by atoms with van der Waals surface area (Å²) in [6.07, 6.45) is 0.921. The van der Waals surface area contributed by atoms with Crippen molar-refractivity contribution in [2.24, 2.45) is 0 Å². The van der Waals surface area contributed by atoms with Crippen molar-refractivity contribution < 1.29 is 9.59 Å². The van der Waals surface area contributed by atoms with Crippen molar-refractivity contribution in [1.29, 1.82) is 0 Å². The number of benzene rings is 1. The molecule has 0 bridgehead atoms. The number of carbonyl (C=O) groups excluding carboxylic acids is 2. The van der Waals surface area contributed by atoms with Crippen LogP contribution in [0.5, 0.6) is 0 Å². The molecule has 0 saturated heterocycles. The summed E-state index contributed by atoms with van der Waals surface area (Å²) in [5, 5.41) is 2.80. The van der Waals surface area contributed by atoms with Crippen LogP contribution in [0.15, 0.2) is 24.3 Å². The standard InChI is InChI=1S/C15H23N3O2/c1-12(19)13-7-5-8-14(11-13)16-15(20)18(4)10-6-9-17(2)3/h5,7-8,11H,6,9-10H2,1-4H3,(H,16,20). The number of anilines is 1. The molecule has 1 rings (SSSR count). The van der Waals surface area contributed by atoms with Crippen LogP contribution in [0.1, 0.15) is 23.7 Å². The van der Waals surface area contributed by atoms with E-state index in [4.69, 9.17) is 0 Å². The second kappa shape index (κ2) is 7.65. The van der Waals surface area contributed by atoms with Gasteiger partial charge in [-0.25, -0.2) is 4.79 Å². The maximum atomic E-state index is 12.0. The highest BCUT2D eigenvalue weighted by molar-refractivity contribution is 5.96. The van der Waals surface area contributed by atoms with Gasteiger partial charge in [0.05, 0.1) is 0 Å². The smallest absolute Gasteiger partial charge is 0.321 e. The van der Waals surface area contributed by atoms with Crippen molar-refractivity contribution in [2.75, 3.05) is 39.5 Å². The third kappa shape index (κ3) is 5.40. The predicted octanol–water partition coefficient (Wildman–Crippen LogP) is 2.30. The molecule has 0 aliphatic rings.